The minimum Gasteiger partial charge on any atom is -0.385 e. The molecule has 0 saturated carbocycles. The number of carbonyl (C=O) groups is 1. The highest BCUT2D eigenvalue weighted by Gasteiger charge is 2.14. The van der Waals surface area contributed by atoms with Gasteiger partial charge in [0.05, 0.1) is 0 Å². The maximum absolute atomic E-state index is 11.9. The molecule has 0 unspecified atom stereocenters. The SMILES string of the molecule is CC(C)(C)CCC(=O)Nc1ccc2c(c1)CCCN2.Cl. The Morgan fingerprint density at radius 3 is 2.80 bits per heavy atom. The number of nitrogens with one attached hydrogen (secondary N) is 2. The standard InChI is InChI=1S/C16H24N2O.ClH/c1-16(2,3)9-8-15(19)18-13-6-7-14-12(11-13)5-4-10-17-14;/h6-7,11,17H,4-5,8-10H2,1-3H3,(H,18,19);1H. The molecule has 1 aliphatic heterocycles. The molecule has 112 valence electrons. The lowest BCUT2D eigenvalue weighted by Gasteiger charge is -2.19. The van der Waals surface area contributed by atoms with E-state index in [4.69, 9.17) is 0 Å². The maximum atomic E-state index is 11.9. The fourth-order valence-electron chi connectivity index (χ4n) is 2.26. The van der Waals surface area contributed by atoms with Crippen molar-refractivity contribution in [1.29, 1.82) is 0 Å². The molecule has 1 amide bonds. The van der Waals surface area contributed by atoms with Gasteiger partial charge in [-0.15, -0.1) is 12.4 Å². The summed E-state index contributed by atoms with van der Waals surface area (Å²) < 4.78 is 0. The topological polar surface area (TPSA) is 41.1 Å². The zero-order valence-corrected chi connectivity index (χ0v) is 13.4. The van der Waals surface area contributed by atoms with Gasteiger partial charge in [0.2, 0.25) is 5.91 Å². The van der Waals surface area contributed by atoms with Crippen LogP contribution in [-0.4, -0.2) is 12.5 Å². The van der Waals surface area contributed by atoms with Crippen LogP contribution < -0.4 is 10.6 Å². The summed E-state index contributed by atoms with van der Waals surface area (Å²) in [7, 11) is 0. The number of amides is 1. The van der Waals surface area contributed by atoms with E-state index in [-0.39, 0.29) is 23.7 Å². The van der Waals surface area contributed by atoms with Crippen molar-refractivity contribution in [2.45, 2.75) is 46.5 Å². The van der Waals surface area contributed by atoms with Gasteiger partial charge < -0.3 is 10.6 Å². The van der Waals surface area contributed by atoms with E-state index < -0.39 is 0 Å². The Morgan fingerprint density at radius 2 is 2.10 bits per heavy atom. The fourth-order valence-corrected chi connectivity index (χ4v) is 2.26. The van der Waals surface area contributed by atoms with E-state index in [1.165, 1.54) is 11.3 Å². The quantitative estimate of drug-likeness (QED) is 0.876. The number of hydrogen-bond acceptors (Lipinski definition) is 2. The molecule has 0 radical (unpaired) electrons. The van der Waals surface area contributed by atoms with Gasteiger partial charge >= 0.3 is 0 Å². The van der Waals surface area contributed by atoms with Crippen molar-refractivity contribution in [1.82, 2.24) is 0 Å². The molecule has 1 aromatic rings. The zero-order valence-electron chi connectivity index (χ0n) is 12.6. The summed E-state index contributed by atoms with van der Waals surface area (Å²) in [6, 6.07) is 6.14. The van der Waals surface area contributed by atoms with Gasteiger partial charge in [-0.05, 0) is 48.4 Å². The Labute approximate surface area is 127 Å². The third-order valence-electron chi connectivity index (χ3n) is 3.43. The van der Waals surface area contributed by atoms with Crippen LogP contribution in [0.25, 0.3) is 0 Å². The van der Waals surface area contributed by atoms with Gasteiger partial charge in [-0.1, -0.05) is 20.8 Å². The third-order valence-corrected chi connectivity index (χ3v) is 3.43. The van der Waals surface area contributed by atoms with Gasteiger partial charge in [0.15, 0.2) is 0 Å². The first-order valence-electron chi connectivity index (χ1n) is 7.11. The first kappa shape index (κ1) is 16.8. The minimum atomic E-state index is 0. The molecule has 0 spiro atoms. The van der Waals surface area contributed by atoms with E-state index >= 15 is 0 Å². The average molecular weight is 297 g/mol. The summed E-state index contributed by atoms with van der Waals surface area (Å²) in [5.41, 5.74) is 3.64. The van der Waals surface area contributed by atoms with Gasteiger partial charge in [0.25, 0.3) is 0 Å². The highest BCUT2D eigenvalue weighted by molar-refractivity contribution is 5.91. The van der Waals surface area contributed by atoms with E-state index in [1.807, 2.05) is 6.07 Å². The van der Waals surface area contributed by atoms with Crippen molar-refractivity contribution in [2.75, 3.05) is 17.2 Å². The molecule has 0 atom stereocenters. The normalized spacial score (nSPS) is 13.8. The molecule has 2 rings (SSSR count). The van der Waals surface area contributed by atoms with Crippen LogP contribution >= 0.6 is 12.4 Å². The van der Waals surface area contributed by atoms with E-state index in [1.54, 1.807) is 0 Å². The summed E-state index contributed by atoms with van der Waals surface area (Å²) in [5.74, 6) is 0.110. The van der Waals surface area contributed by atoms with Crippen molar-refractivity contribution >= 4 is 29.7 Å². The molecule has 0 fully saturated rings. The molecule has 4 heteroatoms. The molecular weight excluding hydrogens is 272 g/mol. The summed E-state index contributed by atoms with van der Waals surface area (Å²) in [4.78, 5) is 11.9. The van der Waals surface area contributed by atoms with Crippen molar-refractivity contribution < 1.29 is 4.79 Å². The van der Waals surface area contributed by atoms with Crippen LogP contribution in [-0.2, 0) is 11.2 Å². The molecule has 1 aliphatic rings. The smallest absolute Gasteiger partial charge is 0.224 e. The first-order chi connectivity index (χ1) is 8.94. The molecule has 0 aromatic heterocycles. The number of halogens is 1. The van der Waals surface area contributed by atoms with E-state index in [0.717, 1.165) is 31.5 Å². The second-order valence-corrected chi connectivity index (χ2v) is 6.51. The molecule has 0 bridgehead atoms. The van der Waals surface area contributed by atoms with Gasteiger partial charge in [-0.2, -0.15) is 0 Å². The highest BCUT2D eigenvalue weighted by atomic mass is 35.5. The molecule has 0 aliphatic carbocycles. The van der Waals surface area contributed by atoms with Crippen molar-refractivity contribution in [3.8, 4) is 0 Å². The van der Waals surface area contributed by atoms with Crippen LogP contribution in [0.5, 0.6) is 0 Å². The molecule has 0 saturated heterocycles. The van der Waals surface area contributed by atoms with E-state index in [9.17, 15) is 4.79 Å². The van der Waals surface area contributed by atoms with Crippen LogP contribution in [0.15, 0.2) is 18.2 Å². The Balaban J connectivity index is 0.00000200. The van der Waals surface area contributed by atoms with Crippen molar-refractivity contribution in [2.24, 2.45) is 5.41 Å². The van der Waals surface area contributed by atoms with Crippen LogP contribution in [0.2, 0.25) is 0 Å². The monoisotopic (exact) mass is 296 g/mol. The lowest BCUT2D eigenvalue weighted by atomic mass is 9.90. The fraction of sp³-hybridized carbons (Fsp3) is 0.562. The van der Waals surface area contributed by atoms with Crippen molar-refractivity contribution in [3.63, 3.8) is 0 Å². The summed E-state index contributed by atoms with van der Waals surface area (Å²) in [5, 5.41) is 6.37. The lowest BCUT2D eigenvalue weighted by Crippen LogP contribution is -2.16. The predicted molar refractivity (Wildman–Crippen MR) is 87.8 cm³/mol. The number of fused-ring (bicyclic) bond motifs is 1. The third kappa shape index (κ3) is 5.04. The van der Waals surface area contributed by atoms with Gasteiger partial charge in [-0.25, -0.2) is 0 Å². The Hall–Kier alpha value is -1.22. The largest absolute Gasteiger partial charge is 0.385 e. The van der Waals surface area contributed by atoms with Crippen LogP contribution in [0, 0.1) is 5.41 Å². The Morgan fingerprint density at radius 1 is 1.35 bits per heavy atom. The Bertz CT molecular complexity index is 466. The number of benzene rings is 1. The van der Waals surface area contributed by atoms with Gasteiger partial charge in [0.1, 0.15) is 0 Å². The molecule has 3 nitrogen and oxygen atoms in total. The van der Waals surface area contributed by atoms with Gasteiger partial charge in [-0.3, -0.25) is 4.79 Å². The maximum Gasteiger partial charge on any atom is 0.224 e. The molecule has 1 heterocycles. The second kappa shape index (κ2) is 6.98. The first-order valence-corrected chi connectivity index (χ1v) is 7.11. The predicted octanol–water partition coefficient (Wildman–Crippen LogP) is 4.23. The number of carbonyl (C=O) groups excluding carboxylic acids is 1. The van der Waals surface area contributed by atoms with Crippen LogP contribution in [0.1, 0.15) is 45.6 Å². The highest BCUT2D eigenvalue weighted by Crippen LogP contribution is 2.26. The Kier molecular flexibility index (Phi) is 5.88. The minimum absolute atomic E-state index is 0. The average Bonchev–Trinajstić information content (AvgIpc) is 2.35. The van der Waals surface area contributed by atoms with Crippen molar-refractivity contribution in [3.05, 3.63) is 23.8 Å². The lowest BCUT2D eigenvalue weighted by molar-refractivity contribution is -0.116. The second-order valence-electron chi connectivity index (χ2n) is 6.51. The number of anilines is 2. The molecular formula is C16H25ClN2O. The van der Waals surface area contributed by atoms with E-state index in [0.29, 0.717) is 6.42 Å². The number of aryl methyl sites for hydroxylation is 1. The van der Waals surface area contributed by atoms with Crippen LogP contribution in [0.3, 0.4) is 0 Å². The summed E-state index contributed by atoms with van der Waals surface area (Å²) in [6.07, 6.45) is 3.74. The van der Waals surface area contributed by atoms with Gasteiger partial charge in [0, 0.05) is 24.3 Å². The van der Waals surface area contributed by atoms with E-state index in [2.05, 4.69) is 43.5 Å². The number of rotatable bonds is 3. The summed E-state index contributed by atoms with van der Waals surface area (Å²) in [6.45, 7) is 7.52. The molecule has 2 N–H and O–H groups in total. The zero-order chi connectivity index (χ0) is 13.9. The van der Waals surface area contributed by atoms with Crippen LogP contribution in [0.4, 0.5) is 11.4 Å². The molecule has 1 aromatic carbocycles. The molecule has 20 heavy (non-hydrogen) atoms. The number of hydrogen-bond donors (Lipinski definition) is 2. The summed E-state index contributed by atoms with van der Waals surface area (Å²) >= 11 is 0.